The lowest BCUT2D eigenvalue weighted by Gasteiger charge is -2.26. The Morgan fingerprint density at radius 1 is 1.29 bits per heavy atom. The number of carbonyl (C=O) groups excluding carboxylic acids is 1. The largest absolute Gasteiger partial charge is 0.359 e. The van der Waals surface area contributed by atoms with Crippen LogP contribution in [0.2, 0.25) is 0 Å². The third-order valence-electron chi connectivity index (χ3n) is 2.32. The number of hydrogen-bond acceptors (Lipinski definition) is 4. The molecule has 0 aromatic heterocycles. The van der Waals surface area contributed by atoms with Crippen LogP contribution in [0.3, 0.4) is 0 Å². The minimum absolute atomic E-state index is 0.272. The topological polar surface area (TPSA) is 66.5 Å². The van der Waals surface area contributed by atoms with Gasteiger partial charge in [0.1, 0.15) is 0 Å². The Balaban J connectivity index is 2.13. The van der Waals surface area contributed by atoms with Gasteiger partial charge >= 0.3 is 0 Å². The first-order valence-corrected chi connectivity index (χ1v) is 6.56. The summed E-state index contributed by atoms with van der Waals surface area (Å²) < 4.78 is 22.2. The fraction of sp³-hybridized carbons (Fsp3) is 0.875. The quantitative estimate of drug-likeness (QED) is 0.469. The van der Waals surface area contributed by atoms with Crippen LogP contribution in [0.4, 0.5) is 0 Å². The first kappa shape index (κ1) is 11.5. The predicted molar refractivity (Wildman–Crippen MR) is 53.8 cm³/mol. The van der Waals surface area contributed by atoms with Crippen molar-refractivity contribution >= 4 is 16.2 Å². The van der Waals surface area contributed by atoms with Crippen LogP contribution in [0, 0.1) is 0 Å². The highest BCUT2D eigenvalue weighted by molar-refractivity contribution is 7.91. The first-order chi connectivity index (χ1) is 6.64. The molecule has 0 spiro atoms. The molecule has 1 heterocycles. The van der Waals surface area contributed by atoms with Gasteiger partial charge in [0.05, 0.1) is 11.5 Å². The zero-order chi connectivity index (χ0) is 10.4. The third kappa shape index (κ3) is 4.06. The molecule has 0 radical (unpaired) electrons. The Labute approximate surface area is 84.4 Å². The molecular formula is C8H16N2O3S. The Kier molecular flexibility index (Phi) is 4.34. The van der Waals surface area contributed by atoms with Gasteiger partial charge in [-0.2, -0.15) is 0 Å². The van der Waals surface area contributed by atoms with Crippen LogP contribution < -0.4 is 5.32 Å². The minimum atomic E-state index is -2.76. The molecule has 1 amide bonds. The first-order valence-electron chi connectivity index (χ1n) is 4.74. The van der Waals surface area contributed by atoms with Gasteiger partial charge < -0.3 is 10.2 Å². The number of carbonyl (C=O) groups is 1. The molecule has 5 nitrogen and oxygen atoms in total. The van der Waals surface area contributed by atoms with Gasteiger partial charge in [-0.3, -0.25) is 4.79 Å². The number of nitrogens with zero attached hydrogens (tertiary/aromatic N) is 1. The maximum absolute atomic E-state index is 11.1. The Hall–Kier alpha value is -0.620. The van der Waals surface area contributed by atoms with Crippen LogP contribution in [-0.2, 0) is 14.6 Å². The van der Waals surface area contributed by atoms with Crippen LogP contribution in [0.15, 0.2) is 0 Å². The van der Waals surface area contributed by atoms with Gasteiger partial charge in [0, 0.05) is 19.6 Å². The molecule has 1 aliphatic heterocycles. The van der Waals surface area contributed by atoms with Crippen molar-refractivity contribution in [2.45, 2.75) is 6.42 Å². The Morgan fingerprint density at radius 2 is 1.93 bits per heavy atom. The third-order valence-corrected chi connectivity index (χ3v) is 3.92. The average molecular weight is 220 g/mol. The van der Waals surface area contributed by atoms with Gasteiger partial charge in [0.15, 0.2) is 9.84 Å². The second-order valence-electron chi connectivity index (χ2n) is 3.42. The second kappa shape index (κ2) is 5.31. The second-order valence-corrected chi connectivity index (χ2v) is 5.72. The van der Waals surface area contributed by atoms with Crippen molar-refractivity contribution < 1.29 is 13.2 Å². The molecule has 0 bridgehead atoms. The lowest BCUT2D eigenvalue weighted by atomic mass is 10.3. The fourth-order valence-electron chi connectivity index (χ4n) is 1.44. The van der Waals surface area contributed by atoms with E-state index in [1.54, 1.807) is 0 Å². The van der Waals surface area contributed by atoms with Crippen molar-refractivity contribution in [3.05, 3.63) is 0 Å². The van der Waals surface area contributed by atoms with E-state index in [0.717, 1.165) is 13.0 Å². The molecule has 0 aliphatic carbocycles. The van der Waals surface area contributed by atoms with Gasteiger partial charge in [-0.1, -0.05) is 0 Å². The fourth-order valence-corrected chi connectivity index (χ4v) is 2.71. The smallest absolute Gasteiger partial charge is 0.207 e. The normalized spacial score (nSPS) is 21.7. The van der Waals surface area contributed by atoms with Gasteiger partial charge in [0.2, 0.25) is 6.41 Å². The molecule has 1 N–H and O–H groups in total. The summed E-state index contributed by atoms with van der Waals surface area (Å²) in [5.74, 6) is 0.544. The van der Waals surface area contributed by atoms with Crippen LogP contribution >= 0.6 is 0 Å². The molecule has 1 saturated heterocycles. The van der Waals surface area contributed by atoms with Crippen molar-refractivity contribution in [1.29, 1.82) is 0 Å². The summed E-state index contributed by atoms with van der Waals surface area (Å²) in [6.07, 6.45) is 1.56. The molecule has 0 atom stereocenters. The predicted octanol–water partition coefficient (Wildman–Crippen LogP) is -1.15. The number of amides is 1. The van der Waals surface area contributed by atoms with Gasteiger partial charge in [-0.15, -0.1) is 0 Å². The summed E-state index contributed by atoms with van der Waals surface area (Å²) in [5.41, 5.74) is 0. The molecule has 1 aliphatic rings. The van der Waals surface area contributed by atoms with Crippen molar-refractivity contribution in [3.8, 4) is 0 Å². The summed E-state index contributed by atoms with van der Waals surface area (Å²) in [5, 5.41) is 2.58. The molecule has 0 unspecified atom stereocenters. The number of sulfone groups is 1. The van der Waals surface area contributed by atoms with E-state index in [0.29, 0.717) is 26.0 Å². The number of hydrogen-bond donors (Lipinski definition) is 1. The molecular weight excluding hydrogens is 204 g/mol. The summed E-state index contributed by atoms with van der Waals surface area (Å²) in [7, 11) is -2.76. The van der Waals surface area contributed by atoms with Crippen molar-refractivity contribution in [2.75, 3.05) is 37.7 Å². The van der Waals surface area contributed by atoms with E-state index in [1.807, 2.05) is 0 Å². The molecule has 0 aromatic rings. The summed E-state index contributed by atoms with van der Waals surface area (Å²) in [6.45, 7) is 2.77. The van der Waals surface area contributed by atoms with E-state index in [9.17, 15) is 13.2 Å². The average Bonchev–Trinajstić information content (AvgIpc) is 2.15. The van der Waals surface area contributed by atoms with Gasteiger partial charge in [0.25, 0.3) is 0 Å². The maximum Gasteiger partial charge on any atom is 0.207 e. The van der Waals surface area contributed by atoms with Crippen molar-refractivity contribution in [3.63, 3.8) is 0 Å². The summed E-state index contributed by atoms with van der Waals surface area (Å²) >= 11 is 0. The van der Waals surface area contributed by atoms with Crippen molar-refractivity contribution in [1.82, 2.24) is 10.2 Å². The van der Waals surface area contributed by atoms with Crippen LogP contribution in [0.1, 0.15) is 6.42 Å². The lowest BCUT2D eigenvalue weighted by molar-refractivity contribution is -0.109. The molecule has 1 fully saturated rings. The van der Waals surface area contributed by atoms with Gasteiger partial charge in [-0.05, 0) is 13.0 Å². The molecule has 6 heteroatoms. The van der Waals surface area contributed by atoms with Crippen LogP contribution in [0.5, 0.6) is 0 Å². The molecule has 0 saturated carbocycles. The molecule has 1 rings (SSSR count). The SMILES string of the molecule is O=CNCCCN1CCS(=O)(=O)CC1. The summed E-state index contributed by atoms with van der Waals surface area (Å²) in [6, 6.07) is 0. The van der Waals surface area contributed by atoms with Crippen LogP contribution in [0.25, 0.3) is 0 Å². The van der Waals surface area contributed by atoms with Crippen molar-refractivity contribution in [2.24, 2.45) is 0 Å². The number of rotatable bonds is 5. The van der Waals surface area contributed by atoms with E-state index in [2.05, 4.69) is 10.2 Å². The highest BCUT2D eigenvalue weighted by Crippen LogP contribution is 2.03. The zero-order valence-corrected chi connectivity index (χ0v) is 8.92. The van der Waals surface area contributed by atoms with E-state index < -0.39 is 9.84 Å². The highest BCUT2D eigenvalue weighted by Gasteiger charge is 2.20. The molecule has 82 valence electrons. The lowest BCUT2D eigenvalue weighted by Crippen LogP contribution is -2.41. The van der Waals surface area contributed by atoms with Gasteiger partial charge in [-0.25, -0.2) is 8.42 Å². The highest BCUT2D eigenvalue weighted by atomic mass is 32.2. The standard InChI is InChI=1S/C8H16N2O3S/c11-8-9-2-1-3-10-4-6-14(12,13)7-5-10/h8H,1-7H2,(H,9,11). The van der Waals surface area contributed by atoms with E-state index >= 15 is 0 Å². The monoisotopic (exact) mass is 220 g/mol. The maximum atomic E-state index is 11.1. The Bertz CT molecular complexity index is 262. The van der Waals surface area contributed by atoms with E-state index in [-0.39, 0.29) is 11.5 Å². The molecule has 0 aromatic carbocycles. The minimum Gasteiger partial charge on any atom is -0.359 e. The van der Waals surface area contributed by atoms with E-state index in [4.69, 9.17) is 0 Å². The zero-order valence-electron chi connectivity index (χ0n) is 8.11. The Morgan fingerprint density at radius 3 is 2.50 bits per heavy atom. The van der Waals surface area contributed by atoms with Crippen LogP contribution in [-0.4, -0.2) is 57.4 Å². The summed E-state index contributed by atoms with van der Waals surface area (Å²) in [4.78, 5) is 12.1. The number of nitrogens with one attached hydrogen (secondary N) is 1. The van der Waals surface area contributed by atoms with E-state index in [1.165, 1.54) is 0 Å². The molecule has 14 heavy (non-hydrogen) atoms.